The summed E-state index contributed by atoms with van der Waals surface area (Å²) >= 11 is 3.67. The summed E-state index contributed by atoms with van der Waals surface area (Å²) in [7, 11) is 1.72. The molecule has 0 aliphatic rings. The number of halogens is 1. The number of rotatable bonds is 9. The molecule has 0 bridgehead atoms. The van der Waals surface area contributed by atoms with Crippen LogP contribution in [0.3, 0.4) is 0 Å². The van der Waals surface area contributed by atoms with Gasteiger partial charge in [-0.3, -0.25) is 0 Å². The lowest BCUT2D eigenvalue weighted by atomic mass is 9.81. The summed E-state index contributed by atoms with van der Waals surface area (Å²) in [4.78, 5) is 0. The Morgan fingerprint density at radius 3 is 2.60 bits per heavy atom. The summed E-state index contributed by atoms with van der Waals surface area (Å²) in [6.45, 7) is 9.87. The van der Waals surface area contributed by atoms with E-state index in [0.29, 0.717) is 6.61 Å². The van der Waals surface area contributed by atoms with Gasteiger partial charge >= 0.3 is 0 Å². The maximum atomic E-state index is 5.52. The maximum absolute atomic E-state index is 5.52. The SMILES string of the molecule is CCOc1ccc(C(C)(C)CCNCCOC)c(Br)c1. The van der Waals surface area contributed by atoms with Crippen molar-refractivity contribution in [2.75, 3.05) is 33.4 Å². The maximum Gasteiger partial charge on any atom is 0.120 e. The van der Waals surface area contributed by atoms with Crippen LogP contribution in [-0.2, 0) is 10.2 Å². The van der Waals surface area contributed by atoms with Crippen molar-refractivity contribution in [3.05, 3.63) is 28.2 Å². The van der Waals surface area contributed by atoms with E-state index < -0.39 is 0 Å². The molecule has 0 atom stereocenters. The van der Waals surface area contributed by atoms with Crippen LogP contribution in [0.15, 0.2) is 22.7 Å². The van der Waals surface area contributed by atoms with Gasteiger partial charge in [0.15, 0.2) is 0 Å². The average Bonchev–Trinajstić information content (AvgIpc) is 2.38. The third-order valence-electron chi connectivity index (χ3n) is 3.39. The minimum Gasteiger partial charge on any atom is -0.494 e. The molecule has 0 radical (unpaired) electrons. The lowest BCUT2D eigenvalue weighted by Crippen LogP contribution is -2.27. The van der Waals surface area contributed by atoms with Gasteiger partial charge in [-0.05, 0) is 43.0 Å². The molecule has 0 amide bonds. The van der Waals surface area contributed by atoms with Gasteiger partial charge in [0, 0.05) is 18.1 Å². The molecule has 4 heteroatoms. The van der Waals surface area contributed by atoms with Gasteiger partial charge in [0.05, 0.1) is 13.2 Å². The first-order valence-electron chi connectivity index (χ1n) is 7.13. The molecular weight excluding hydrogens is 318 g/mol. The van der Waals surface area contributed by atoms with Crippen LogP contribution < -0.4 is 10.1 Å². The van der Waals surface area contributed by atoms with Gasteiger partial charge in [-0.25, -0.2) is 0 Å². The van der Waals surface area contributed by atoms with Gasteiger partial charge in [0.25, 0.3) is 0 Å². The van der Waals surface area contributed by atoms with Crippen LogP contribution >= 0.6 is 15.9 Å². The highest BCUT2D eigenvalue weighted by Crippen LogP contribution is 2.34. The fourth-order valence-electron chi connectivity index (χ4n) is 2.14. The third kappa shape index (κ3) is 5.43. The number of nitrogens with one attached hydrogen (secondary N) is 1. The van der Waals surface area contributed by atoms with Crippen LogP contribution in [0.25, 0.3) is 0 Å². The first-order valence-corrected chi connectivity index (χ1v) is 7.93. The van der Waals surface area contributed by atoms with Gasteiger partial charge in [0.2, 0.25) is 0 Å². The molecule has 0 aliphatic carbocycles. The second-order valence-corrected chi connectivity index (χ2v) is 6.31. The van der Waals surface area contributed by atoms with Crippen LogP contribution in [0.4, 0.5) is 0 Å². The van der Waals surface area contributed by atoms with E-state index in [1.54, 1.807) is 7.11 Å². The van der Waals surface area contributed by atoms with Crippen molar-refractivity contribution in [2.45, 2.75) is 32.6 Å². The predicted molar refractivity (Wildman–Crippen MR) is 87.7 cm³/mol. The lowest BCUT2D eigenvalue weighted by Gasteiger charge is -2.27. The van der Waals surface area contributed by atoms with Crippen molar-refractivity contribution >= 4 is 15.9 Å². The Bertz CT molecular complexity index is 407. The molecule has 0 spiro atoms. The molecule has 20 heavy (non-hydrogen) atoms. The molecule has 1 N–H and O–H groups in total. The Hall–Kier alpha value is -0.580. The summed E-state index contributed by atoms with van der Waals surface area (Å²) in [6, 6.07) is 6.26. The molecule has 0 saturated heterocycles. The Labute approximate surface area is 131 Å². The van der Waals surface area contributed by atoms with E-state index >= 15 is 0 Å². The molecule has 1 rings (SSSR count). The minimum absolute atomic E-state index is 0.115. The van der Waals surface area contributed by atoms with E-state index in [0.717, 1.165) is 36.3 Å². The minimum atomic E-state index is 0.115. The molecule has 0 heterocycles. The Balaban J connectivity index is 2.62. The average molecular weight is 344 g/mol. The Morgan fingerprint density at radius 1 is 1.25 bits per heavy atom. The smallest absolute Gasteiger partial charge is 0.120 e. The number of methoxy groups -OCH3 is 1. The number of ether oxygens (including phenoxy) is 2. The number of hydrogen-bond donors (Lipinski definition) is 1. The zero-order chi connectivity index (χ0) is 15.0. The highest BCUT2D eigenvalue weighted by atomic mass is 79.9. The third-order valence-corrected chi connectivity index (χ3v) is 4.05. The van der Waals surface area contributed by atoms with Gasteiger partial charge < -0.3 is 14.8 Å². The van der Waals surface area contributed by atoms with E-state index in [9.17, 15) is 0 Å². The van der Waals surface area contributed by atoms with Crippen molar-refractivity contribution in [1.82, 2.24) is 5.32 Å². The van der Waals surface area contributed by atoms with E-state index in [1.807, 2.05) is 13.0 Å². The summed E-state index contributed by atoms with van der Waals surface area (Å²) in [6.07, 6.45) is 1.07. The molecule has 0 aromatic heterocycles. The zero-order valence-corrected chi connectivity index (χ0v) is 14.5. The molecule has 1 aromatic carbocycles. The second-order valence-electron chi connectivity index (χ2n) is 5.45. The first kappa shape index (κ1) is 17.5. The summed E-state index contributed by atoms with van der Waals surface area (Å²) < 4.78 is 11.7. The van der Waals surface area contributed by atoms with E-state index in [4.69, 9.17) is 9.47 Å². The molecule has 1 aromatic rings. The topological polar surface area (TPSA) is 30.5 Å². The van der Waals surface area contributed by atoms with Gasteiger partial charge in [-0.2, -0.15) is 0 Å². The monoisotopic (exact) mass is 343 g/mol. The van der Waals surface area contributed by atoms with Crippen LogP contribution in [0.2, 0.25) is 0 Å². The molecule has 0 fully saturated rings. The molecule has 114 valence electrons. The van der Waals surface area contributed by atoms with Crippen molar-refractivity contribution in [3.63, 3.8) is 0 Å². The van der Waals surface area contributed by atoms with Crippen LogP contribution in [0.1, 0.15) is 32.8 Å². The Kier molecular flexibility index (Phi) is 7.56. The quantitative estimate of drug-likeness (QED) is 0.692. The molecular formula is C16H26BrNO2. The van der Waals surface area contributed by atoms with Crippen LogP contribution in [0, 0.1) is 0 Å². The van der Waals surface area contributed by atoms with E-state index in [2.05, 4.69) is 47.2 Å². The summed E-state index contributed by atoms with van der Waals surface area (Å²) in [5.41, 5.74) is 1.43. The van der Waals surface area contributed by atoms with Crippen molar-refractivity contribution in [2.24, 2.45) is 0 Å². The highest BCUT2D eigenvalue weighted by molar-refractivity contribution is 9.10. The fraction of sp³-hybridized carbons (Fsp3) is 0.625. The molecule has 0 saturated carbocycles. The standard InChI is InChI=1S/C16H26BrNO2/c1-5-20-13-6-7-14(15(17)12-13)16(2,3)8-9-18-10-11-19-4/h6-7,12,18H,5,8-11H2,1-4H3. The Morgan fingerprint density at radius 2 is 2.00 bits per heavy atom. The first-order chi connectivity index (χ1) is 9.51. The summed E-state index contributed by atoms with van der Waals surface area (Å²) in [5, 5.41) is 3.40. The lowest BCUT2D eigenvalue weighted by molar-refractivity contribution is 0.198. The normalized spacial score (nSPS) is 11.7. The molecule has 0 unspecified atom stereocenters. The van der Waals surface area contributed by atoms with Crippen LogP contribution in [0.5, 0.6) is 5.75 Å². The fourth-order valence-corrected chi connectivity index (χ4v) is 3.03. The van der Waals surface area contributed by atoms with E-state index in [1.165, 1.54) is 5.56 Å². The summed E-state index contributed by atoms with van der Waals surface area (Å²) in [5.74, 6) is 0.914. The second kappa shape index (κ2) is 8.65. The highest BCUT2D eigenvalue weighted by Gasteiger charge is 2.22. The van der Waals surface area contributed by atoms with Crippen molar-refractivity contribution in [1.29, 1.82) is 0 Å². The van der Waals surface area contributed by atoms with Crippen LogP contribution in [-0.4, -0.2) is 33.4 Å². The van der Waals surface area contributed by atoms with Crippen molar-refractivity contribution < 1.29 is 9.47 Å². The van der Waals surface area contributed by atoms with Crippen molar-refractivity contribution in [3.8, 4) is 5.75 Å². The zero-order valence-electron chi connectivity index (χ0n) is 13.0. The predicted octanol–water partition coefficient (Wildman–Crippen LogP) is 3.75. The van der Waals surface area contributed by atoms with Gasteiger partial charge in [-0.1, -0.05) is 35.8 Å². The number of hydrogen-bond acceptors (Lipinski definition) is 3. The largest absolute Gasteiger partial charge is 0.494 e. The van der Waals surface area contributed by atoms with Gasteiger partial charge in [0.1, 0.15) is 5.75 Å². The van der Waals surface area contributed by atoms with E-state index in [-0.39, 0.29) is 5.41 Å². The van der Waals surface area contributed by atoms with Gasteiger partial charge in [-0.15, -0.1) is 0 Å². The molecule has 3 nitrogen and oxygen atoms in total. The number of benzene rings is 1. The molecule has 0 aliphatic heterocycles.